The summed E-state index contributed by atoms with van der Waals surface area (Å²) in [4.78, 5) is 34.0. The Morgan fingerprint density at radius 2 is 1.93 bits per heavy atom. The molecule has 0 aromatic carbocycles. The minimum Gasteiger partial charge on any atom is -0.468 e. The predicted molar refractivity (Wildman–Crippen MR) is 95.9 cm³/mol. The number of alkyl halides is 3. The van der Waals surface area contributed by atoms with Crippen LogP contribution in [0.5, 0.6) is 5.88 Å². The molecule has 29 heavy (non-hydrogen) atoms. The number of hydrazine groups is 1. The van der Waals surface area contributed by atoms with E-state index in [9.17, 15) is 22.8 Å². The monoisotopic (exact) mass is 431 g/mol. The molecule has 2 aromatic rings. The first kappa shape index (κ1) is 20.8. The van der Waals surface area contributed by atoms with Gasteiger partial charge in [0.15, 0.2) is 11.7 Å². The van der Waals surface area contributed by atoms with Crippen molar-refractivity contribution in [1.29, 1.82) is 0 Å². The third-order valence-electron chi connectivity index (χ3n) is 3.68. The molecule has 1 aliphatic heterocycles. The number of rotatable bonds is 5. The molecule has 0 saturated carbocycles. The fourth-order valence-corrected chi connectivity index (χ4v) is 3.13. The van der Waals surface area contributed by atoms with E-state index in [4.69, 9.17) is 4.74 Å². The summed E-state index contributed by atoms with van der Waals surface area (Å²) in [5.41, 5.74) is 4.59. The van der Waals surface area contributed by atoms with Gasteiger partial charge in [-0.15, -0.1) is 11.3 Å². The first-order chi connectivity index (χ1) is 13.8. The zero-order valence-electron chi connectivity index (χ0n) is 14.9. The van der Waals surface area contributed by atoms with E-state index >= 15 is 0 Å². The molecular formula is C16H16F3N5O4S. The van der Waals surface area contributed by atoms with Crippen molar-refractivity contribution in [3.05, 3.63) is 35.0 Å². The van der Waals surface area contributed by atoms with Crippen LogP contribution in [0.3, 0.4) is 0 Å². The van der Waals surface area contributed by atoms with Crippen LogP contribution in [0.25, 0.3) is 0 Å². The number of aromatic nitrogens is 2. The number of thiazole rings is 1. The van der Waals surface area contributed by atoms with E-state index < -0.39 is 24.6 Å². The Morgan fingerprint density at radius 1 is 1.21 bits per heavy atom. The van der Waals surface area contributed by atoms with E-state index in [0.717, 1.165) is 12.3 Å². The summed E-state index contributed by atoms with van der Waals surface area (Å²) in [7, 11) is 0. The number of ether oxygens (including phenoxy) is 2. The summed E-state index contributed by atoms with van der Waals surface area (Å²) in [6.07, 6.45) is -3.45. The minimum absolute atomic E-state index is 0.0249. The number of morpholine rings is 1. The Bertz CT molecular complexity index is 853. The van der Waals surface area contributed by atoms with Gasteiger partial charge in [0.2, 0.25) is 5.88 Å². The van der Waals surface area contributed by atoms with Crippen LogP contribution in [0.2, 0.25) is 0 Å². The number of nitrogens with zero attached hydrogens (tertiary/aromatic N) is 3. The molecule has 0 atom stereocenters. The molecule has 0 unspecified atom stereocenters. The highest BCUT2D eigenvalue weighted by Gasteiger charge is 2.28. The molecule has 0 bridgehead atoms. The number of carbonyl (C=O) groups excluding carboxylic acids is 2. The van der Waals surface area contributed by atoms with E-state index in [2.05, 4.69) is 25.6 Å². The smallest absolute Gasteiger partial charge is 0.422 e. The lowest BCUT2D eigenvalue weighted by Gasteiger charge is -2.25. The maximum Gasteiger partial charge on any atom is 0.422 e. The minimum atomic E-state index is -4.49. The number of pyridine rings is 1. The third kappa shape index (κ3) is 6.02. The Morgan fingerprint density at radius 3 is 2.59 bits per heavy atom. The van der Waals surface area contributed by atoms with Crippen molar-refractivity contribution in [1.82, 2.24) is 20.8 Å². The summed E-state index contributed by atoms with van der Waals surface area (Å²) in [5.74, 6) is -1.58. The molecule has 1 aliphatic rings. The molecule has 0 spiro atoms. The molecule has 1 saturated heterocycles. The molecule has 9 nitrogen and oxygen atoms in total. The topological polar surface area (TPSA) is 106 Å². The van der Waals surface area contributed by atoms with Crippen LogP contribution < -0.4 is 20.5 Å². The summed E-state index contributed by atoms with van der Waals surface area (Å²) in [6, 6.07) is 2.34. The summed E-state index contributed by atoms with van der Waals surface area (Å²) < 4.78 is 46.0. The Balaban J connectivity index is 1.49. The molecule has 2 N–H and O–H groups in total. The molecular weight excluding hydrogens is 415 g/mol. The van der Waals surface area contributed by atoms with Crippen molar-refractivity contribution in [2.75, 3.05) is 37.8 Å². The van der Waals surface area contributed by atoms with Crippen LogP contribution in [0.15, 0.2) is 23.7 Å². The molecule has 2 amide bonds. The number of amides is 2. The lowest BCUT2D eigenvalue weighted by molar-refractivity contribution is -0.154. The van der Waals surface area contributed by atoms with Gasteiger partial charge in [-0.3, -0.25) is 20.4 Å². The van der Waals surface area contributed by atoms with Gasteiger partial charge in [-0.25, -0.2) is 9.97 Å². The van der Waals surface area contributed by atoms with Gasteiger partial charge in [0.1, 0.15) is 5.69 Å². The Hall–Kier alpha value is -2.93. The van der Waals surface area contributed by atoms with Crippen molar-refractivity contribution >= 4 is 28.3 Å². The molecule has 1 fully saturated rings. The van der Waals surface area contributed by atoms with Crippen LogP contribution in [0, 0.1) is 0 Å². The van der Waals surface area contributed by atoms with Gasteiger partial charge < -0.3 is 14.4 Å². The lowest BCUT2D eigenvalue weighted by Crippen LogP contribution is -2.42. The van der Waals surface area contributed by atoms with Crippen LogP contribution in [-0.2, 0) is 4.74 Å². The maximum absolute atomic E-state index is 12.1. The highest BCUT2D eigenvalue weighted by molar-refractivity contribution is 7.13. The van der Waals surface area contributed by atoms with Crippen molar-refractivity contribution in [2.24, 2.45) is 0 Å². The van der Waals surface area contributed by atoms with Crippen LogP contribution >= 0.6 is 11.3 Å². The predicted octanol–water partition coefficient (Wildman–Crippen LogP) is 1.39. The molecule has 13 heteroatoms. The van der Waals surface area contributed by atoms with Crippen molar-refractivity contribution in [3.8, 4) is 5.88 Å². The maximum atomic E-state index is 12.1. The van der Waals surface area contributed by atoms with Gasteiger partial charge in [-0.05, 0) is 6.07 Å². The number of halogens is 3. The number of carbonyl (C=O) groups is 2. The summed E-state index contributed by atoms with van der Waals surface area (Å²) in [5, 5.41) is 2.25. The van der Waals surface area contributed by atoms with E-state index in [1.807, 2.05) is 4.90 Å². The Labute approximate surface area is 166 Å². The number of hydrogen-bond donors (Lipinski definition) is 2. The van der Waals surface area contributed by atoms with Gasteiger partial charge in [0.05, 0.1) is 18.8 Å². The first-order valence-electron chi connectivity index (χ1n) is 8.36. The number of hydrogen-bond acceptors (Lipinski definition) is 8. The zero-order chi connectivity index (χ0) is 20.9. The first-order valence-corrected chi connectivity index (χ1v) is 9.24. The van der Waals surface area contributed by atoms with Crippen molar-refractivity contribution in [2.45, 2.75) is 6.18 Å². The summed E-state index contributed by atoms with van der Waals surface area (Å²) in [6.45, 7) is 1.06. The normalized spacial score (nSPS) is 14.4. The van der Waals surface area contributed by atoms with E-state index in [-0.39, 0.29) is 17.1 Å². The van der Waals surface area contributed by atoms with E-state index in [0.29, 0.717) is 31.4 Å². The lowest BCUT2D eigenvalue weighted by atomic mass is 10.3. The van der Waals surface area contributed by atoms with Gasteiger partial charge >= 0.3 is 6.18 Å². The highest BCUT2D eigenvalue weighted by atomic mass is 32.1. The quantitative estimate of drug-likeness (QED) is 0.690. The second-order valence-electron chi connectivity index (χ2n) is 5.81. The fourth-order valence-electron chi connectivity index (χ4n) is 2.27. The third-order valence-corrected chi connectivity index (χ3v) is 4.58. The van der Waals surface area contributed by atoms with E-state index in [1.165, 1.54) is 17.4 Å². The SMILES string of the molecule is O=C(NNC(=O)c1csc(N2CCOCC2)n1)c1ccc(OCC(F)(F)F)nc1. The average Bonchev–Trinajstić information content (AvgIpc) is 3.21. The molecule has 2 aromatic heterocycles. The molecule has 3 heterocycles. The van der Waals surface area contributed by atoms with Crippen molar-refractivity contribution in [3.63, 3.8) is 0 Å². The Kier molecular flexibility index (Phi) is 6.49. The fraction of sp³-hybridized carbons (Fsp3) is 0.375. The molecule has 0 aliphatic carbocycles. The molecule has 156 valence electrons. The number of anilines is 1. The summed E-state index contributed by atoms with van der Waals surface area (Å²) >= 11 is 1.30. The van der Waals surface area contributed by atoms with Gasteiger partial charge in [-0.2, -0.15) is 13.2 Å². The second kappa shape index (κ2) is 9.05. The average molecular weight is 431 g/mol. The molecule has 0 radical (unpaired) electrons. The van der Waals surface area contributed by atoms with Gasteiger partial charge in [0.25, 0.3) is 11.8 Å². The van der Waals surface area contributed by atoms with Crippen LogP contribution in [0.4, 0.5) is 18.3 Å². The number of nitrogens with one attached hydrogen (secondary N) is 2. The standard InChI is InChI=1S/C16H16F3N5O4S/c17-16(18,19)9-28-12-2-1-10(7-20-12)13(25)22-23-14(26)11-8-29-15(21-11)24-3-5-27-6-4-24/h1-2,7-8H,3-6,9H2,(H,22,25)(H,23,26). The van der Waals surface area contributed by atoms with E-state index in [1.54, 1.807) is 5.38 Å². The second-order valence-corrected chi connectivity index (χ2v) is 6.65. The zero-order valence-corrected chi connectivity index (χ0v) is 15.7. The van der Waals surface area contributed by atoms with Gasteiger partial charge in [0, 0.05) is 30.7 Å². The largest absolute Gasteiger partial charge is 0.468 e. The van der Waals surface area contributed by atoms with Crippen LogP contribution in [-0.4, -0.2) is 60.9 Å². The van der Waals surface area contributed by atoms with Crippen molar-refractivity contribution < 1.29 is 32.2 Å². The highest BCUT2D eigenvalue weighted by Crippen LogP contribution is 2.21. The van der Waals surface area contributed by atoms with Gasteiger partial charge in [-0.1, -0.05) is 0 Å². The van der Waals surface area contributed by atoms with Crippen LogP contribution in [0.1, 0.15) is 20.8 Å². The molecule has 3 rings (SSSR count).